The molecule has 0 atom stereocenters. The number of benzene rings is 1. The van der Waals surface area contributed by atoms with E-state index in [-0.39, 0.29) is 6.03 Å². The lowest BCUT2D eigenvalue weighted by Gasteiger charge is -2.22. The summed E-state index contributed by atoms with van der Waals surface area (Å²) in [6, 6.07) is 7.80. The highest BCUT2D eigenvalue weighted by Crippen LogP contribution is 2.35. The van der Waals surface area contributed by atoms with Crippen LogP contribution in [0.2, 0.25) is 0 Å². The van der Waals surface area contributed by atoms with E-state index in [4.69, 9.17) is 5.73 Å². The topological polar surface area (TPSA) is 58.4 Å². The van der Waals surface area contributed by atoms with Gasteiger partial charge in [0, 0.05) is 24.0 Å². The summed E-state index contributed by atoms with van der Waals surface area (Å²) >= 11 is 0. The molecule has 4 nitrogen and oxygen atoms in total. The van der Waals surface area contributed by atoms with Gasteiger partial charge in [0.2, 0.25) is 0 Å². The molecule has 1 aromatic carbocycles. The molecule has 0 radical (unpaired) electrons. The summed E-state index contributed by atoms with van der Waals surface area (Å²) in [7, 11) is 0. The molecule has 2 aliphatic rings. The monoisotopic (exact) mass is 245 g/mol. The standard InChI is InChI=1S/C14H19N3O/c15-11-3-5-12(6-4-11)16-14(18)17(13-7-8-13)9-10-1-2-10/h3-6,10,13H,1-2,7-9,15H2,(H,16,18). The highest BCUT2D eigenvalue weighted by molar-refractivity contribution is 5.90. The molecule has 1 aromatic rings. The molecule has 0 saturated heterocycles. The SMILES string of the molecule is Nc1ccc(NC(=O)N(CC2CC2)C2CC2)cc1. The van der Waals surface area contributed by atoms with Crippen molar-refractivity contribution in [1.82, 2.24) is 4.90 Å². The van der Waals surface area contributed by atoms with Crippen LogP contribution in [0.25, 0.3) is 0 Å². The van der Waals surface area contributed by atoms with E-state index in [2.05, 4.69) is 5.32 Å². The first kappa shape index (κ1) is 11.4. The van der Waals surface area contributed by atoms with E-state index in [0.717, 1.165) is 31.0 Å². The second-order valence-corrected chi connectivity index (χ2v) is 5.38. The molecular formula is C14H19N3O. The molecule has 4 heteroatoms. The molecule has 3 N–H and O–H groups in total. The maximum atomic E-state index is 12.2. The predicted octanol–water partition coefficient (Wildman–Crippen LogP) is 2.68. The highest BCUT2D eigenvalue weighted by Gasteiger charge is 2.36. The van der Waals surface area contributed by atoms with E-state index in [1.807, 2.05) is 17.0 Å². The van der Waals surface area contributed by atoms with Gasteiger partial charge in [-0.05, 0) is 55.9 Å². The van der Waals surface area contributed by atoms with Crippen molar-refractivity contribution in [3.05, 3.63) is 24.3 Å². The first-order valence-electron chi connectivity index (χ1n) is 6.65. The quantitative estimate of drug-likeness (QED) is 0.801. The molecule has 3 rings (SSSR count). The van der Waals surface area contributed by atoms with Crippen LogP contribution in [0, 0.1) is 5.92 Å². The largest absolute Gasteiger partial charge is 0.399 e. The molecule has 0 aromatic heterocycles. The number of carbonyl (C=O) groups excluding carboxylic acids is 1. The van der Waals surface area contributed by atoms with Crippen molar-refractivity contribution in [3.8, 4) is 0 Å². The molecule has 0 unspecified atom stereocenters. The summed E-state index contributed by atoms with van der Waals surface area (Å²) in [5, 5.41) is 2.96. The lowest BCUT2D eigenvalue weighted by atomic mass is 10.3. The maximum absolute atomic E-state index is 12.2. The third-order valence-corrected chi connectivity index (χ3v) is 3.56. The summed E-state index contributed by atoms with van der Waals surface area (Å²) in [5.74, 6) is 0.739. The molecule has 2 fully saturated rings. The zero-order valence-electron chi connectivity index (χ0n) is 10.4. The Morgan fingerprint density at radius 2 is 1.89 bits per heavy atom. The summed E-state index contributed by atoms with van der Waals surface area (Å²) < 4.78 is 0. The summed E-state index contributed by atoms with van der Waals surface area (Å²) in [5.41, 5.74) is 7.15. The van der Waals surface area contributed by atoms with E-state index >= 15 is 0 Å². The van der Waals surface area contributed by atoms with Crippen molar-refractivity contribution in [1.29, 1.82) is 0 Å². The Kier molecular flexibility index (Phi) is 2.86. The van der Waals surface area contributed by atoms with Gasteiger partial charge in [-0.15, -0.1) is 0 Å². The van der Waals surface area contributed by atoms with Gasteiger partial charge in [0.25, 0.3) is 0 Å². The number of hydrogen-bond acceptors (Lipinski definition) is 2. The molecule has 96 valence electrons. The van der Waals surface area contributed by atoms with Gasteiger partial charge in [-0.3, -0.25) is 0 Å². The molecule has 2 aliphatic carbocycles. The van der Waals surface area contributed by atoms with Gasteiger partial charge in [0.1, 0.15) is 0 Å². The van der Waals surface area contributed by atoms with E-state index in [9.17, 15) is 4.79 Å². The molecule has 2 saturated carbocycles. The van der Waals surface area contributed by atoms with Gasteiger partial charge in [-0.1, -0.05) is 0 Å². The smallest absolute Gasteiger partial charge is 0.322 e. The van der Waals surface area contributed by atoms with E-state index in [1.54, 1.807) is 12.1 Å². The summed E-state index contributed by atoms with van der Waals surface area (Å²) in [6.45, 7) is 0.922. The number of nitrogens with one attached hydrogen (secondary N) is 1. The minimum absolute atomic E-state index is 0.0363. The minimum Gasteiger partial charge on any atom is -0.399 e. The van der Waals surface area contributed by atoms with Gasteiger partial charge in [-0.2, -0.15) is 0 Å². The normalized spacial score (nSPS) is 18.4. The van der Waals surface area contributed by atoms with Crippen molar-refractivity contribution < 1.29 is 4.79 Å². The predicted molar refractivity (Wildman–Crippen MR) is 72.3 cm³/mol. The van der Waals surface area contributed by atoms with Crippen molar-refractivity contribution in [2.45, 2.75) is 31.7 Å². The van der Waals surface area contributed by atoms with Crippen molar-refractivity contribution in [2.24, 2.45) is 5.92 Å². The molecular weight excluding hydrogens is 226 g/mol. The van der Waals surface area contributed by atoms with Gasteiger partial charge < -0.3 is 16.0 Å². The number of rotatable bonds is 4. The third-order valence-electron chi connectivity index (χ3n) is 3.56. The minimum atomic E-state index is 0.0363. The number of urea groups is 1. The van der Waals surface area contributed by atoms with E-state index in [1.165, 1.54) is 12.8 Å². The van der Waals surface area contributed by atoms with Crippen molar-refractivity contribution in [2.75, 3.05) is 17.6 Å². The van der Waals surface area contributed by atoms with Crippen LogP contribution >= 0.6 is 0 Å². The fraction of sp³-hybridized carbons (Fsp3) is 0.500. The molecule has 0 aliphatic heterocycles. The maximum Gasteiger partial charge on any atom is 0.322 e. The van der Waals surface area contributed by atoms with Crippen LogP contribution in [0.1, 0.15) is 25.7 Å². The molecule has 2 amide bonds. The summed E-state index contributed by atoms with van der Waals surface area (Å²) in [4.78, 5) is 14.2. The number of amides is 2. The number of nitrogen functional groups attached to an aromatic ring is 1. The van der Waals surface area contributed by atoms with Crippen molar-refractivity contribution >= 4 is 17.4 Å². The molecule has 18 heavy (non-hydrogen) atoms. The molecule has 0 heterocycles. The van der Waals surface area contributed by atoms with Crippen LogP contribution in [-0.4, -0.2) is 23.5 Å². The van der Waals surface area contributed by atoms with Crippen LogP contribution in [0.5, 0.6) is 0 Å². The Hall–Kier alpha value is -1.71. The number of anilines is 2. The van der Waals surface area contributed by atoms with E-state index in [0.29, 0.717) is 11.7 Å². The van der Waals surface area contributed by atoms with Gasteiger partial charge >= 0.3 is 6.03 Å². The van der Waals surface area contributed by atoms with Crippen LogP contribution in [0.4, 0.5) is 16.2 Å². The fourth-order valence-electron chi connectivity index (χ4n) is 2.12. The Morgan fingerprint density at radius 1 is 1.22 bits per heavy atom. The second-order valence-electron chi connectivity index (χ2n) is 5.38. The number of carbonyl (C=O) groups is 1. The zero-order valence-corrected chi connectivity index (χ0v) is 10.4. The Morgan fingerprint density at radius 3 is 2.44 bits per heavy atom. The average molecular weight is 245 g/mol. The van der Waals surface area contributed by atoms with Crippen LogP contribution in [0.15, 0.2) is 24.3 Å². The number of hydrogen-bond donors (Lipinski definition) is 2. The molecule has 0 spiro atoms. The van der Waals surface area contributed by atoms with Crippen LogP contribution < -0.4 is 11.1 Å². The first-order chi connectivity index (χ1) is 8.72. The third kappa shape index (κ3) is 2.75. The lowest BCUT2D eigenvalue weighted by molar-refractivity contribution is 0.206. The zero-order chi connectivity index (χ0) is 12.5. The van der Waals surface area contributed by atoms with Gasteiger partial charge in [0.05, 0.1) is 0 Å². The molecule has 0 bridgehead atoms. The lowest BCUT2D eigenvalue weighted by Crippen LogP contribution is -2.38. The Bertz CT molecular complexity index is 435. The van der Waals surface area contributed by atoms with Crippen LogP contribution in [-0.2, 0) is 0 Å². The highest BCUT2D eigenvalue weighted by atomic mass is 16.2. The first-order valence-corrected chi connectivity index (χ1v) is 6.65. The van der Waals surface area contributed by atoms with Crippen molar-refractivity contribution in [3.63, 3.8) is 0 Å². The van der Waals surface area contributed by atoms with Gasteiger partial charge in [-0.25, -0.2) is 4.79 Å². The average Bonchev–Trinajstić information content (AvgIpc) is 3.23. The fourth-order valence-corrected chi connectivity index (χ4v) is 2.12. The Balaban J connectivity index is 1.62. The number of nitrogens with zero attached hydrogens (tertiary/aromatic N) is 1. The summed E-state index contributed by atoms with van der Waals surface area (Å²) in [6.07, 6.45) is 4.86. The van der Waals surface area contributed by atoms with Gasteiger partial charge in [0.15, 0.2) is 0 Å². The second kappa shape index (κ2) is 4.52. The number of nitrogens with two attached hydrogens (primary N) is 1. The Labute approximate surface area is 107 Å². The van der Waals surface area contributed by atoms with Crippen LogP contribution in [0.3, 0.4) is 0 Å². The van der Waals surface area contributed by atoms with E-state index < -0.39 is 0 Å².